The molecule has 0 amide bonds. The molecule has 0 aliphatic heterocycles. The van der Waals surface area contributed by atoms with Crippen molar-refractivity contribution in [2.45, 2.75) is 25.9 Å². The Labute approximate surface area is 75.0 Å². The van der Waals surface area contributed by atoms with E-state index in [-0.39, 0.29) is 5.76 Å². The van der Waals surface area contributed by atoms with Gasteiger partial charge in [-0.25, -0.2) is 4.79 Å². The molecule has 5 nitrogen and oxygen atoms in total. The highest BCUT2D eigenvalue weighted by Gasteiger charge is 2.10. The molecule has 5 heteroatoms. The van der Waals surface area contributed by atoms with E-state index in [1.807, 2.05) is 0 Å². The number of aromatic carboxylic acids is 1. The van der Waals surface area contributed by atoms with E-state index in [4.69, 9.17) is 10.2 Å². The normalized spacial score (nSPS) is 12.8. The van der Waals surface area contributed by atoms with Crippen molar-refractivity contribution in [3.05, 3.63) is 17.5 Å². The summed E-state index contributed by atoms with van der Waals surface area (Å²) < 4.78 is 4.53. The van der Waals surface area contributed by atoms with Crippen LogP contribution in [-0.4, -0.2) is 27.4 Å². The third-order valence-electron chi connectivity index (χ3n) is 1.59. The Hall–Kier alpha value is -1.36. The van der Waals surface area contributed by atoms with Crippen LogP contribution in [0.4, 0.5) is 0 Å². The molecule has 1 aromatic rings. The minimum absolute atomic E-state index is 0.166. The predicted octanol–water partition coefficient (Wildman–Crippen LogP) is 0.686. The summed E-state index contributed by atoms with van der Waals surface area (Å²) >= 11 is 0. The van der Waals surface area contributed by atoms with Gasteiger partial charge >= 0.3 is 5.97 Å². The zero-order valence-corrected chi connectivity index (χ0v) is 7.23. The summed E-state index contributed by atoms with van der Waals surface area (Å²) in [6.07, 6.45) is 0.657. The van der Waals surface area contributed by atoms with Crippen LogP contribution in [0.2, 0.25) is 0 Å². The lowest BCUT2D eigenvalue weighted by Gasteiger charge is -1.98. The molecule has 1 heterocycles. The molecular formula is C8H11NO4. The number of aromatic nitrogens is 1. The Morgan fingerprint density at radius 2 is 2.46 bits per heavy atom. The number of aliphatic hydroxyl groups is 1. The molecule has 1 aromatic heterocycles. The SMILES string of the molecule is CC(O)CCc1cc(C(=O)O)on1. The summed E-state index contributed by atoms with van der Waals surface area (Å²) in [7, 11) is 0. The Bertz CT molecular complexity index is 292. The van der Waals surface area contributed by atoms with Crippen molar-refractivity contribution in [2.75, 3.05) is 0 Å². The highest BCUT2D eigenvalue weighted by atomic mass is 16.5. The second kappa shape index (κ2) is 4.04. The number of hydrogen-bond donors (Lipinski definition) is 2. The fraction of sp³-hybridized carbons (Fsp3) is 0.500. The standard InChI is InChI=1S/C8H11NO4/c1-5(10)2-3-6-4-7(8(11)12)13-9-6/h4-5,10H,2-3H2,1H3,(H,11,12). The lowest BCUT2D eigenvalue weighted by atomic mass is 10.2. The highest BCUT2D eigenvalue weighted by Crippen LogP contribution is 2.06. The molecule has 0 aliphatic carbocycles. The van der Waals surface area contributed by atoms with E-state index in [0.717, 1.165) is 0 Å². The molecule has 0 saturated heterocycles. The van der Waals surface area contributed by atoms with Crippen LogP contribution >= 0.6 is 0 Å². The molecule has 72 valence electrons. The van der Waals surface area contributed by atoms with Crippen molar-refractivity contribution in [1.29, 1.82) is 0 Å². The maximum absolute atomic E-state index is 10.4. The Morgan fingerprint density at radius 3 is 2.92 bits per heavy atom. The van der Waals surface area contributed by atoms with Crippen molar-refractivity contribution >= 4 is 5.97 Å². The van der Waals surface area contributed by atoms with Crippen LogP contribution in [0.5, 0.6) is 0 Å². The number of aliphatic hydroxyl groups excluding tert-OH is 1. The van der Waals surface area contributed by atoms with Gasteiger partial charge in [-0.15, -0.1) is 0 Å². The predicted molar refractivity (Wildman–Crippen MR) is 43.5 cm³/mol. The number of carboxylic acids is 1. The summed E-state index contributed by atoms with van der Waals surface area (Å²) in [5.41, 5.74) is 0.554. The second-order valence-electron chi connectivity index (χ2n) is 2.88. The Morgan fingerprint density at radius 1 is 1.77 bits per heavy atom. The van der Waals surface area contributed by atoms with Crippen molar-refractivity contribution in [1.82, 2.24) is 5.16 Å². The molecule has 0 saturated carbocycles. The van der Waals surface area contributed by atoms with Crippen molar-refractivity contribution in [3.8, 4) is 0 Å². The molecule has 0 fully saturated rings. The van der Waals surface area contributed by atoms with Crippen molar-refractivity contribution in [3.63, 3.8) is 0 Å². The number of aryl methyl sites for hydroxylation is 1. The van der Waals surface area contributed by atoms with E-state index in [1.165, 1.54) is 6.07 Å². The van der Waals surface area contributed by atoms with Gasteiger partial charge in [0.2, 0.25) is 5.76 Å². The molecular weight excluding hydrogens is 174 g/mol. The van der Waals surface area contributed by atoms with Gasteiger partial charge in [0.15, 0.2) is 0 Å². The zero-order chi connectivity index (χ0) is 9.84. The minimum atomic E-state index is -1.13. The van der Waals surface area contributed by atoms with Gasteiger partial charge in [0.05, 0.1) is 11.8 Å². The molecule has 1 atom stereocenters. The third-order valence-corrected chi connectivity index (χ3v) is 1.59. The molecule has 1 rings (SSSR count). The average Bonchev–Trinajstić information content (AvgIpc) is 2.48. The maximum atomic E-state index is 10.4. The Kier molecular flexibility index (Phi) is 3.02. The van der Waals surface area contributed by atoms with Gasteiger partial charge in [0.25, 0.3) is 0 Å². The van der Waals surface area contributed by atoms with Gasteiger partial charge in [-0.1, -0.05) is 5.16 Å². The topological polar surface area (TPSA) is 83.6 Å². The van der Waals surface area contributed by atoms with E-state index < -0.39 is 12.1 Å². The molecule has 1 unspecified atom stereocenters. The lowest BCUT2D eigenvalue weighted by molar-refractivity contribution is 0.0652. The van der Waals surface area contributed by atoms with E-state index >= 15 is 0 Å². The van der Waals surface area contributed by atoms with Gasteiger partial charge in [0, 0.05) is 6.07 Å². The molecule has 0 aromatic carbocycles. The summed E-state index contributed by atoms with van der Waals surface area (Å²) in [5.74, 6) is -1.30. The van der Waals surface area contributed by atoms with Crippen LogP contribution in [0.15, 0.2) is 10.6 Å². The van der Waals surface area contributed by atoms with Gasteiger partial charge in [0.1, 0.15) is 0 Å². The first kappa shape index (κ1) is 9.73. The fourth-order valence-corrected chi connectivity index (χ4v) is 0.887. The van der Waals surface area contributed by atoms with E-state index in [9.17, 15) is 4.79 Å². The number of rotatable bonds is 4. The Balaban J connectivity index is 2.54. The van der Waals surface area contributed by atoms with Crippen LogP contribution in [0, 0.1) is 0 Å². The second-order valence-corrected chi connectivity index (χ2v) is 2.88. The summed E-state index contributed by atoms with van der Waals surface area (Å²) in [6, 6.07) is 1.37. The van der Waals surface area contributed by atoms with Crippen LogP contribution in [0.25, 0.3) is 0 Å². The first-order valence-corrected chi connectivity index (χ1v) is 3.96. The van der Waals surface area contributed by atoms with Crippen molar-refractivity contribution in [2.24, 2.45) is 0 Å². The van der Waals surface area contributed by atoms with Crippen molar-refractivity contribution < 1.29 is 19.5 Å². The lowest BCUT2D eigenvalue weighted by Crippen LogP contribution is -2.01. The maximum Gasteiger partial charge on any atom is 0.374 e. The average molecular weight is 185 g/mol. The molecule has 0 spiro atoms. The van der Waals surface area contributed by atoms with Crippen LogP contribution in [0.1, 0.15) is 29.6 Å². The van der Waals surface area contributed by atoms with Crippen LogP contribution in [-0.2, 0) is 6.42 Å². The van der Waals surface area contributed by atoms with Gasteiger partial charge in [-0.3, -0.25) is 0 Å². The number of carboxylic acid groups (broad SMARTS) is 1. The fourth-order valence-electron chi connectivity index (χ4n) is 0.887. The summed E-state index contributed by atoms with van der Waals surface area (Å²) in [4.78, 5) is 10.4. The molecule has 2 N–H and O–H groups in total. The first-order chi connectivity index (χ1) is 6.09. The van der Waals surface area contributed by atoms with Gasteiger partial charge in [-0.2, -0.15) is 0 Å². The number of hydrogen-bond acceptors (Lipinski definition) is 4. The molecule has 0 aliphatic rings. The molecule has 0 radical (unpaired) electrons. The first-order valence-electron chi connectivity index (χ1n) is 3.96. The van der Waals surface area contributed by atoms with Crippen LogP contribution in [0.3, 0.4) is 0 Å². The number of carbonyl (C=O) groups is 1. The minimum Gasteiger partial charge on any atom is -0.475 e. The van der Waals surface area contributed by atoms with Gasteiger partial charge in [-0.05, 0) is 19.8 Å². The van der Waals surface area contributed by atoms with E-state index in [1.54, 1.807) is 6.92 Å². The largest absolute Gasteiger partial charge is 0.475 e. The smallest absolute Gasteiger partial charge is 0.374 e. The highest BCUT2D eigenvalue weighted by molar-refractivity contribution is 5.84. The molecule has 13 heavy (non-hydrogen) atoms. The summed E-state index contributed by atoms with van der Waals surface area (Å²) in [5, 5.41) is 21.0. The third kappa shape index (κ3) is 2.87. The molecule has 0 bridgehead atoms. The monoisotopic (exact) mass is 185 g/mol. The quantitative estimate of drug-likeness (QED) is 0.720. The van der Waals surface area contributed by atoms with Gasteiger partial charge < -0.3 is 14.7 Å². The summed E-state index contributed by atoms with van der Waals surface area (Å²) in [6.45, 7) is 1.66. The van der Waals surface area contributed by atoms with E-state index in [2.05, 4.69) is 9.68 Å². The van der Waals surface area contributed by atoms with E-state index in [0.29, 0.717) is 18.5 Å². The van der Waals surface area contributed by atoms with Crippen LogP contribution < -0.4 is 0 Å². The zero-order valence-electron chi connectivity index (χ0n) is 7.23. The number of nitrogens with zero attached hydrogens (tertiary/aromatic N) is 1.